The molecule has 1 rings (SSSR count). The Bertz CT molecular complexity index is 166. The zero-order valence-electron chi connectivity index (χ0n) is 9.29. The first-order chi connectivity index (χ1) is 7.26. The molecule has 0 radical (unpaired) electrons. The molecule has 0 aromatic rings. The molecule has 3 nitrogen and oxygen atoms in total. The van der Waals surface area contributed by atoms with Crippen LogP contribution in [0.5, 0.6) is 0 Å². The third kappa shape index (κ3) is 4.02. The third-order valence-corrected chi connectivity index (χ3v) is 4.53. The molecule has 0 bridgehead atoms. The SMILES string of the molecule is OCCN(CCO)CC1(CBr)CCCC1. The molecule has 1 aliphatic carbocycles. The third-order valence-electron chi connectivity index (χ3n) is 3.34. The first kappa shape index (κ1) is 13.4. The van der Waals surface area contributed by atoms with Gasteiger partial charge < -0.3 is 10.2 Å². The summed E-state index contributed by atoms with van der Waals surface area (Å²) in [4.78, 5) is 2.17. The van der Waals surface area contributed by atoms with Gasteiger partial charge in [0.1, 0.15) is 0 Å². The Balaban J connectivity index is 2.46. The van der Waals surface area contributed by atoms with E-state index >= 15 is 0 Å². The Hall–Kier alpha value is 0.360. The second-order valence-corrected chi connectivity index (χ2v) is 5.12. The van der Waals surface area contributed by atoms with Gasteiger partial charge in [-0.2, -0.15) is 0 Å². The zero-order valence-corrected chi connectivity index (χ0v) is 10.9. The Morgan fingerprint density at radius 1 is 1.07 bits per heavy atom. The highest BCUT2D eigenvalue weighted by molar-refractivity contribution is 9.09. The Kier molecular flexibility index (Phi) is 6.12. The lowest BCUT2D eigenvalue weighted by molar-refractivity contribution is 0.117. The van der Waals surface area contributed by atoms with E-state index in [1.54, 1.807) is 0 Å². The molecular formula is C11H22BrNO2. The topological polar surface area (TPSA) is 43.7 Å². The number of aliphatic hydroxyl groups excluding tert-OH is 2. The van der Waals surface area contributed by atoms with Crippen molar-refractivity contribution in [2.24, 2.45) is 5.41 Å². The highest BCUT2D eigenvalue weighted by Gasteiger charge is 2.34. The molecule has 0 saturated heterocycles. The minimum absolute atomic E-state index is 0.179. The van der Waals surface area contributed by atoms with E-state index in [-0.39, 0.29) is 13.2 Å². The number of rotatable bonds is 7. The van der Waals surface area contributed by atoms with Crippen LogP contribution >= 0.6 is 15.9 Å². The van der Waals surface area contributed by atoms with E-state index in [2.05, 4.69) is 20.8 Å². The van der Waals surface area contributed by atoms with Gasteiger partial charge in [0.25, 0.3) is 0 Å². The van der Waals surface area contributed by atoms with Crippen molar-refractivity contribution in [3.8, 4) is 0 Å². The van der Waals surface area contributed by atoms with Gasteiger partial charge in [0.05, 0.1) is 13.2 Å². The fourth-order valence-corrected chi connectivity index (χ4v) is 3.22. The van der Waals surface area contributed by atoms with Gasteiger partial charge in [0.2, 0.25) is 0 Å². The van der Waals surface area contributed by atoms with Crippen molar-refractivity contribution in [3.63, 3.8) is 0 Å². The van der Waals surface area contributed by atoms with E-state index in [0.717, 1.165) is 11.9 Å². The van der Waals surface area contributed by atoms with Crippen molar-refractivity contribution in [1.29, 1.82) is 0 Å². The minimum atomic E-state index is 0.179. The maximum atomic E-state index is 8.96. The molecule has 1 fully saturated rings. The monoisotopic (exact) mass is 279 g/mol. The molecule has 2 N–H and O–H groups in total. The van der Waals surface area contributed by atoms with Crippen LogP contribution in [0.25, 0.3) is 0 Å². The van der Waals surface area contributed by atoms with Crippen molar-refractivity contribution in [2.75, 3.05) is 38.2 Å². The van der Waals surface area contributed by atoms with Gasteiger partial charge in [-0.1, -0.05) is 28.8 Å². The molecule has 15 heavy (non-hydrogen) atoms. The predicted octanol–water partition coefficient (Wildman–Crippen LogP) is 1.23. The van der Waals surface area contributed by atoms with Crippen LogP contribution in [0.1, 0.15) is 25.7 Å². The fourth-order valence-electron chi connectivity index (χ4n) is 2.49. The van der Waals surface area contributed by atoms with E-state index in [4.69, 9.17) is 10.2 Å². The average molecular weight is 280 g/mol. The molecule has 0 aromatic carbocycles. The second kappa shape index (κ2) is 6.84. The second-order valence-electron chi connectivity index (χ2n) is 4.56. The number of halogens is 1. The summed E-state index contributed by atoms with van der Waals surface area (Å²) in [5, 5.41) is 19.0. The first-order valence-corrected chi connectivity index (χ1v) is 6.88. The van der Waals surface area contributed by atoms with Crippen molar-refractivity contribution < 1.29 is 10.2 Å². The summed E-state index contributed by atoms with van der Waals surface area (Å²) in [5.41, 5.74) is 0.379. The highest BCUT2D eigenvalue weighted by Crippen LogP contribution is 2.40. The van der Waals surface area contributed by atoms with Crippen LogP contribution in [0, 0.1) is 5.41 Å². The van der Waals surface area contributed by atoms with E-state index in [1.807, 2.05) is 0 Å². The van der Waals surface area contributed by atoms with E-state index in [9.17, 15) is 0 Å². The van der Waals surface area contributed by atoms with Crippen LogP contribution in [-0.2, 0) is 0 Å². The fraction of sp³-hybridized carbons (Fsp3) is 1.00. The number of hydrogen-bond donors (Lipinski definition) is 2. The molecule has 0 aromatic heterocycles. The minimum Gasteiger partial charge on any atom is -0.395 e. The Labute approximate surface area is 101 Å². The summed E-state index contributed by atoms with van der Waals surface area (Å²) in [5.74, 6) is 0. The summed E-state index contributed by atoms with van der Waals surface area (Å²) < 4.78 is 0. The van der Waals surface area contributed by atoms with Gasteiger partial charge in [-0.05, 0) is 18.3 Å². The lowest BCUT2D eigenvalue weighted by Gasteiger charge is -2.33. The van der Waals surface area contributed by atoms with Crippen molar-refractivity contribution in [1.82, 2.24) is 4.90 Å². The van der Waals surface area contributed by atoms with Gasteiger partial charge in [-0.3, -0.25) is 4.90 Å². The van der Waals surface area contributed by atoms with Crippen LogP contribution in [0.15, 0.2) is 0 Å². The number of hydrogen-bond acceptors (Lipinski definition) is 3. The summed E-state index contributed by atoms with van der Waals surface area (Å²) >= 11 is 3.61. The molecule has 1 aliphatic rings. The van der Waals surface area contributed by atoms with Crippen LogP contribution in [0.3, 0.4) is 0 Å². The Morgan fingerprint density at radius 2 is 1.60 bits per heavy atom. The Morgan fingerprint density at radius 3 is 2.00 bits per heavy atom. The molecule has 4 heteroatoms. The number of alkyl halides is 1. The van der Waals surface area contributed by atoms with Crippen LogP contribution < -0.4 is 0 Å². The summed E-state index contributed by atoms with van der Waals surface area (Å²) in [6.07, 6.45) is 5.17. The average Bonchev–Trinajstić information content (AvgIpc) is 2.68. The van der Waals surface area contributed by atoms with Gasteiger partial charge in [0.15, 0.2) is 0 Å². The molecular weight excluding hydrogens is 258 g/mol. The zero-order chi connectivity index (χ0) is 11.1. The summed E-state index contributed by atoms with van der Waals surface area (Å²) in [7, 11) is 0. The van der Waals surface area contributed by atoms with E-state index < -0.39 is 0 Å². The van der Waals surface area contributed by atoms with E-state index in [0.29, 0.717) is 18.5 Å². The van der Waals surface area contributed by atoms with Crippen LogP contribution in [0.4, 0.5) is 0 Å². The maximum Gasteiger partial charge on any atom is 0.0558 e. The molecule has 0 unspecified atom stereocenters. The smallest absolute Gasteiger partial charge is 0.0558 e. The van der Waals surface area contributed by atoms with Gasteiger partial charge in [-0.25, -0.2) is 0 Å². The number of nitrogens with zero attached hydrogens (tertiary/aromatic N) is 1. The molecule has 0 atom stereocenters. The lowest BCUT2D eigenvalue weighted by Crippen LogP contribution is -2.40. The molecule has 90 valence electrons. The molecule has 0 heterocycles. The lowest BCUT2D eigenvalue weighted by atomic mass is 9.88. The van der Waals surface area contributed by atoms with Crippen molar-refractivity contribution >= 4 is 15.9 Å². The summed E-state index contributed by atoms with van der Waals surface area (Å²) in [6.45, 7) is 2.71. The standard InChI is InChI=1S/C11H22BrNO2/c12-9-11(3-1-2-4-11)10-13(5-7-14)6-8-15/h14-15H,1-10H2. The van der Waals surface area contributed by atoms with Gasteiger partial charge >= 0.3 is 0 Å². The molecule has 0 spiro atoms. The van der Waals surface area contributed by atoms with Gasteiger partial charge in [0, 0.05) is 25.0 Å². The van der Waals surface area contributed by atoms with E-state index in [1.165, 1.54) is 25.7 Å². The maximum absolute atomic E-state index is 8.96. The predicted molar refractivity (Wildman–Crippen MR) is 65.3 cm³/mol. The van der Waals surface area contributed by atoms with Crippen molar-refractivity contribution in [3.05, 3.63) is 0 Å². The molecule has 0 aliphatic heterocycles. The molecule has 0 amide bonds. The largest absolute Gasteiger partial charge is 0.395 e. The van der Waals surface area contributed by atoms with Gasteiger partial charge in [-0.15, -0.1) is 0 Å². The van der Waals surface area contributed by atoms with Crippen LogP contribution in [0.2, 0.25) is 0 Å². The first-order valence-electron chi connectivity index (χ1n) is 5.76. The highest BCUT2D eigenvalue weighted by atomic mass is 79.9. The van der Waals surface area contributed by atoms with Crippen molar-refractivity contribution in [2.45, 2.75) is 25.7 Å². The normalized spacial score (nSPS) is 20.0. The molecule has 1 saturated carbocycles. The summed E-state index contributed by atoms with van der Waals surface area (Å²) in [6, 6.07) is 0. The van der Waals surface area contributed by atoms with Crippen LogP contribution in [-0.4, -0.2) is 53.3 Å². The number of aliphatic hydroxyl groups is 2. The quantitative estimate of drug-likeness (QED) is 0.689.